The van der Waals surface area contributed by atoms with Gasteiger partial charge in [-0.15, -0.1) is 0 Å². The molecule has 0 fully saturated rings. The van der Waals surface area contributed by atoms with Crippen molar-refractivity contribution in [3.05, 3.63) is 29.5 Å². The van der Waals surface area contributed by atoms with Crippen molar-refractivity contribution in [2.75, 3.05) is 12.5 Å². The molecule has 0 saturated heterocycles. The first kappa shape index (κ1) is 14.1. The summed E-state index contributed by atoms with van der Waals surface area (Å²) < 4.78 is 5.02. The molecule has 0 spiro atoms. The van der Waals surface area contributed by atoms with Crippen LogP contribution in [-0.4, -0.2) is 22.2 Å². The number of anilines is 1. The van der Waals surface area contributed by atoms with E-state index >= 15 is 0 Å². The lowest BCUT2D eigenvalue weighted by Crippen LogP contribution is -2.13. The summed E-state index contributed by atoms with van der Waals surface area (Å²) in [4.78, 5) is 8.87. The summed E-state index contributed by atoms with van der Waals surface area (Å²) >= 11 is 0. The Hall–Kier alpha value is -2.34. The minimum absolute atomic E-state index is 0.0504. The first-order valence-electron chi connectivity index (χ1n) is 6.32. The van der Waals surface area contributed by atoms with Crippen molar-refractivity contribution >= 4 is 5.82 Å². The van der Waals surface area contributed by atoms with Crippen LogP contribution in [0.5, 0.6) is 11.5 Å². The van der Waals surface area contributed by atoms with Crippen molar-refractivity contribution in [3.63, 3.8) is 0 Å². The molecule has 0 aliphatic rings. The van der Waals surface area contributed by atoms with Gasteiger partial charge >= 0.3 is 0 Å². The number of nitrogen functional groups attached to an aromatic ring is 1. The topological polar surface area (TPSA) is 93.3 Å². The highest BCUT2D eigenvalue weighted by molar-refractivity contribution is 5.63. The van der Waals surface area contributed by atoms with Crippen molar-refractivity contribution in [1.82, 2.24) is 9.97 Å². The molecule has 106 valence electrons. The number of rotatable bonds is 4. The summed E-state index contributed by atoms with van der Waals surface area (Å²) in [5.41, 5.74) is 5.12. The minimum Gasteiger partial charge on any atom is -0.504 e. The van der Waals surface area contributed by atoms with Crippen LogP contribution in [-0.2, 0) is 6.42 Å². The second-order valence-electron chi connectivity index (χ2n) is 4.35. The summed E-state index contributed by atoms with van der Waals surface area (Å²) in [6.45, 7) is 3.94. The zero-order valence-corrected chi connectivity index (χ0v) is 11.8. The third-order valence-corrected chi connectivity index (χ3v) is 3.16. The number of benzene rings is 1. The molecule has 6 heteroatoms. The number of aromatic nitrogens is 2. The smallest absolute Gasteiger partial charge is 0.161 e. The number of hydrogen-bond acceptors (Lipinski definition) is 6. The maximum absolute atomic E-state index is 9.84. The van der Waals surface area contributed by atoms with Gasteiger partial charge in [0.05, 0.1) is 7.11 Å². The number of aryl methyl sites for hydroxylation is 1. The highest BCUT2D eigenvalue weighted by Gasteiger charge is 2.12. The highest BCUT2D eigenvalue weighted by Crippen LogP contribution is 2.31. The number of phenolic OH excluding ortho intramolecular Hbond substituents is 1. The van der Waals surface area contributed by atoms with E-state index in [0.29, 0.717) is 23.0 Å². The third kappa shape index (κ3) is 2.50. The molecule has 1 aromatic heterocycles. The number of hydrazine groups is 1. The Balaban J connectivity index is 2.54. The fourth-order valence-electron chi connectivity index (χ4n) is 2.01. The van der Waals surface area contributed by atoms with Crippen LogP contribution < -0.4 is 16.0 Å². The standard InChI is InChI=1S/C14H18N4O2/c1-4-10-8(2)13(18-15)17-14(16-10)9-5-6-12(20-3)11(19)7-9/h5-7,19H,4,15H2,1-3H3,(H,16,17,18). The molecule has 4 N–H and O–H groups in total. The molecule has 20 heavy (non-hydrogen) atoms. The Labute approximate surface area is 117 Å². The van der Waals surface area contributed by atoms with Gasteiger partial charge in [-0.3, -0.25) is 0 Å². The molecule has 0 atom stereocenters. The first-order valence-corrected chi connectivity index (χ1v) is 6.32. The Kier molecular flexibility index (Phi) is 4.05. The van der Waals surface area contributed by atoms with Gasteiger partial charge in [-0.2, -0.15) is 0 Å². The second kappa shape index (κ2) is 5.75. The van der Waals surface area contributed by atoms with E-state index in [1.807, 2.05) is 13.8 Å². The minimum atomic E-state index is 0.0504. The maximum atomic E-state index is 9.84. The van der Waals surface area contributed by atoms with E-state index in [0.717, 1.165) is 17.7 Å². The molecule has 0 amide bonds. The average molecular weight is 274 g/mol. The van der Waals surface area contributed by atoms with E-state index in [1.165, 1.54) is 7.11 Å². The van der Waals surface area contributed by atoms with Crippen molar-refractivity contribution in [1.29, 1.82) is 0 Å². The fourth-order valence-corrected chi connectivity index (χ4v) is 2.01. The largest absolute Gasteiger partial charge is 0.504 e. The number of hydrogen-bond donors (Lipinski definition) is 3. The van der Waals surface area contributed by atoms with Crippen LogP contribution in [0.1, 0.15) is 18.2 Å². The van der Waals surface area contributed by atoms with Gasteiger partial charge in [0.1, 0.15) is 5.82 Å². The molecule has 2 rings (SSSR count). The molecule has 0 bridgehead atoms. The number of nitrogens with one attached hydrogen (secondary N) is 1. The molecule has 2 aromatic rings. The SMILES string of the molecule is CCc1nc(-c2ccc(OC)c(O)c2)nc(NN)c1C. The molecule has 6 nitrogen and oxygen atoms in total. The predicted octanol–water partition coefficient (Wildman–Crippen LogP) is 2.01. The van der Waals surface area contributed by atoms with Gasteiger partial charge in [-0.05, 0) is 31.5 Å². The monoisotopic (exact) mass is 274 g/mol. The van der Waals surface area contributed by atoms with Crippen molar-refractivity contribution in [2.24, 2.45) is 5.84 Å². The van der Waals surface area contributed by atoms with E-state index in [1.54, 1.807) is 18.2 Å². The Morgan fingerprint density at radius 2 is 2.10 bits per heavy atom. The lowest BCUT2D eigenvalue weighted by Gasteiger charge is -2.11. The van der Waals surface area contributed by atoms with Crippen LogP contribution in [0.2, 0.25) is 0 Å². The van der Waals surface area contributed by atoms with Crippen molar-refractivity contribution < 1.29 is 9.84 Å². The summed E-state index contributed by atoms with van der Waals surface area (Å²) in [5.74, 6) is 7.05. The normalized spacial score (nSPS) is 10.4. The summed E-state index contributed by atoms with van der Waals surface area (Å²) in [5, 5.41) is 9.84. The van der Waals surface area contributed by atoms with Crippen molar-refractivity contribution in [3.8, 4) is 22.9 Å². The molecule has 0 radical (unpaired) electrons. The number of phenols is 1. The lowest BCUT2D eigenvalue weighted by molar-refractivity contribution is 0.373. The number of ether oxygens (including phenoxy) is 1. The average Bonchev–Trinajstić information content (AvgIpc) is 2.47. The lowest BCUT2D eigenvalue weighted by atomic mass is 10.1. The van der Waals surface area contributed by atoms with Crippen LogP contribution in [0.25, 0.3) is 11.4 Å². The van der Waals surface area contributed by atoms with E-state index in [4.69, 9.17) is 10.6 Å². The van der Waals surface area contributed by atoms with Gasteiger partial charge in [0, 0.05) is 16.8 Å². The summed E-state index contributed by atoms with van der Waals surface area (Å²) in [7, 11) is 1.50. The van der Waals surface area contributed by atoms with Gasteiger partial charge < -0.3 is 15.3 Å². The van der Waals surface area contributed by atoms with Crippen LogP contribution in [0.3, 0.4) is 0 Å². The quantitative estimate of drug-likeness (QED) is 0.583. The van der Waals surface area contributed by atoms with Crippen LogP contribution in [0.15, 0.2) is 18.2 Å². The van der Waals surface area contributed by atoms with Crippen molar-refractivity contribution in [2.45, 2.75) is 20.3 Å². The van der Waals surface area contributed by atoms with Gasteiger partial charge in [0.2, 0.25) is 0 Å². The molecule has 0 aliphatic heterocycles. The molecule has 0 aliphatic carbocycles. The number of nitrogens with zero attached hydrogens (tertiary/aromatic N) is 2. The fraction of sp³-hybridized carbons (Fsp3) is 0.286. The second-order valence-corrected chi connectivity index (χ2v) is 4.35. The molecular formula is C14H18N4O2. The molecular weight excluding hydrogens is 256 g/mol. The molecule has 0 saturated carbocycles. The van der Waals surface area contributed by atoms with Gasteiger partial charge in [0.25, 0.3) is 0 Å². The highest BCUT2D eigenvalue weighted by atomic mass is 16.5. The summed E-state index contributed by atoms with van der Waals surface area (Å²) in [6, 6.07) is 5.04. The van der Waals surface area contributed by atoms with E-state index in [-0.39, 0.29) is 5.75 Å². The van der Waals surface area contributed by atoms with Crippen LogP contribution in [0, 0.1) is 6.92 Å². The first-order chi connectivity index (χ1) is 9.60. The van der Waals surface area contributed by atoms with Gasteiger partial charge in [-0.25, -0.2) is 15.8 Å². The third-order valence-electron chi connectivity index (χ3n) is 3.16. The molecule has 1 aromatic carbocycles. The van der Waals surface area contributed by atoms with E-state index in [2.05, 4.69) is 15.4 Å². The zero-order valence-electron chi connectivity index (χ0n) is 11.8. The predicted molar refractivity (Wildman–Crippen MR) is 77.6 cm³/mol. The van der Waals surface area contributed by atoms with E-state index in [9.17, 15) is 5.11 Å². The van der Waals surface area contributed by atoms with Gasteiger partial charge in [-0.1, -0.05) is 6.92 Å². The molecule has 0 unspecified atom stereocenters. The number of aromatic hydroxyl groups is 1. The van der Waals surface area contributed by atoms with Crippen LogP contribution >= 0.6 is 0 Å². The molecule has 1 heterocycles. The Morgan fingerprint density at radius 3 is 2.65 bits per heavy atom. The summed E-state index contributed by atoms with van der Waals surface area (Å²) in [6.07, 6.45) is 0.776. The Bertz CT molecular complexity index is 604. The number of nitrogens with two attached hydrogens (primary N) is 1. The zero-order chi connectivity index (χ0) is 14.7. The van der Waals surface area contributed by atoms with Crippen LogP contribution in [0.4, 0.5) is 5.82 Å². The van der Waals surface area contributed by atoms with Gasteiger partial charge in [0.15, 0.2) is 17.3 Å². The maximum Gasteiger partial charge on any atom is 0.161 e. The number of methoxy groups -OCH3 is 1. The van der Waals surface area contributed by atoms with E-state index < -0.39 is 0 Å². The Morgan fingerprint density at radius 1 is 1.35 bits per heavy atom.